The van der Waals surface area contributed by atoms with E-state index in [1.807, 2.05) is 0 Å². The van der Waals surface area contributed by atoms with E-state index >= 15 is 0 Å². The molecule has 1 N–H and O–H groups in total. The van der Waals surface area contributed by atoms with Gasteiger partial charge in [0, 0.05) is 20.2 Å². The van der Waals surface area contributed by atoms with Crippen LogP contribution < -0.4 is 5.32 Å². The maximum Gasteiger partial charge on any atom is 0.104 e. The highest BCUT2D eigenvalue weighted by atomic mass is 16.6. The molecule has 1 aliphatic carbocycles. The summed E-state index contributed by atoms with van der Waals surface area (Å²) in [6.07, 6.45) is 6.08. The van der Waals surface area contributed by atoms with Gasteiger partial charge in [0.25, 0.3) is 0 Å². The van der Waals surface area contributed by atoms with E-state index in [4.69, 9.17) is 9.47 Å². The van der Waals surface area contributed by atoms with Crippen molar-refractivity contribution in [3.8, 4) is 0 Å². The van der Waals surface area contributed by atoms with E-state index in [1.165, 1.54) is 25.7 Å². The van der Waals surface area contributed by atoms with Crippen LogP contribution in [0.4, 0.5) is 0 Å². The van der Waals surface area contributed by atoms with E-state index in [0.29, 0.717) is 6.61 Å². The lowest BCUT2D eigenvalue weighted by molar-refractivity contribution is -0.196. The molecule has 1 aliphatic heterocycles. The second-order valence-corrected chi connectivity index (χ2v) is 5.07. The zero-order valence-electron chi connectivity index (χ0n) is 9.97. The molecule has 0 aromatic carbocycles. The number of hydrogen-bond acceptors (Lipinski definition) is 3. The molecule has 1 atom stereocenters. The number of morpholine rings is 1. The molecule has 2 aliphatic rings. The van der Waals surface area contributed by atoms with Gasteiger partial charge in [-0.3, -0.25) is 0 Å². The molecule has 1 saturated carbocycles. The maximum atomic E-state index is 6.42. The van der Waals surface area contributed by atoms with Gasteiger partial charge in [0.15, 0.2) is 0 Å². The van der Waals surface area contributed by atoms with Crippen molar-refractivity contribution in [2.75, 3.05) is 26.8 Å². The molecule has 1 unspecified atom stereocenters. The second kappa shape index (κ2) is 4.40. The van der Waals surface area contributed by atoms with Crippen LogP contribution >= 0.6 is 0 Å². The molecule has 0 bridgehead atoms. The largest absolute Gasteiger partial charge is 0.382 e. The average Bonchev–Trinajstić information content (AvgIpc) is 2.67. The molecule has 88 valence electrons. The molecule has 15 heavy (non-hydrogen) atoms. The second-order valence-electron chi connectivity index (χ2n) is 5.07. The van der Waals surface area contributed by atoms with Gasteiger partial charge >= 0.3 is 0 Å². The number of ether oxygens (including phenoxy) is 2. The van der Waals surface area contributed by atoms with Crippen molar-refractivity contribution in [3.63, 3.8) is 0 Å². The molecule has 0 aromatic rings. The summed E-state index contributed by atoms with van der Waals surface area (Å²) in [5.41, 5.74) is 0.0319. The summed E-state index contributed by atoms with van der Waals surface area (Å²) in [6.45, 7) is 4.85. The molecule has 0 amide bonds. The standard InChI is InChI=1S/C12H23NO2/c1-3-11(10-14-2)8-13-9-12(15-11)6-4-5-7-12/h13H,3-10H2,1-2H3. The van der Waals surface area contributed by atoms with E-state index in [-0.39, 0.29) is 11.2 Å². The molecular formula is C12H23NO2. The molecule has 2 rings (SSSR count). The van der Waals surface area contributed by atoms with Crippen molar-refractivity contribution >= 4 is 0 Å². The molecule has 0 aromatic heterocycles. The van der Waals surface area contributed by atoms with Gasteiger partial charge in [0.1, 0.15) is 5.60 Å². The molecule has 3 nitrogen and oxygen atoms in total. The SMILES string of the molecule is CCC1(COC)CNCC2(CCCC2)O1. The van der Waals surface area contributed by atoms with Gasteiger partial charge in [0.2, 0.25) is 0 Å². The molecule has 2 fully saturated rings. The van der Waals surface area contributed by atoms with Crippen molar-refractivity contribution in [2.45, 2.75) is 50.2 Å². The Hall–Kier alpha value is -0.120. The maximum absolute atomic E-state index is 6.42. The quantitative estimate of drug-likeness (QED) is 0.774. The third-order valence-corrected chi connectivity index (χ3v) is 3.89. The number of hydrogen-bond donors (Lipinski definition) is 1. The van der Waals surface area contributed by atoms with E-state index in [2.05, 4.69) is 12.2 Å². The molecule has 3 heteroatoms. The highest BCUT2D eigenvalue weighted by molar-refractivity contribution is 4.98. The average molecular weight is 213 g/mol. The smallest absolute Gasteiger partial charge is 0.104 e. The minimum Gasteiger partial charge on any atom is -0.382 e. The predicted octanol–water partition coefficient (Wildman–Crippen LogP) is 1.71. The van der Waals surface area contributed by atoms with Crippen LogP contribution in [0.3, 0.4) is 0 Å². The van der Waals surface area contributed by atoms with Crippen molar-refractivity contribution in [3.05, 3.63) is 0 Å². The van der Waals surface area contributed by atoms with Gasteiger partial charge in [-0.15, -0.1) is 0 Å². The summed E-state index contributed by atoms with van der Waals surface area (Å²) < 4.78 is 11.7. The topological polar surface area (TPSA) is 30.5 Å². The predicted molar refractivity (Wildman–Crippen MR) is 60.1 cm³/mol. The zero-order valence-corrected chi connectivity index (χ0v) is 9.97. The summed E-state index contributed by atoms with van der Waals surface area (Å²) in [6, 6.07) is 0. The lowest BCUT2D eigenvalue weighted by Gasteiger charge is -2.46. The highest BCUT2D eigenvalue weighted by Gasteiger charge is 2.46. The summed E-state index contributed by atoms with van der Waals surface area (Å²) in [7, 11) is 1.76. The Kier molecular flexibility index (Phi) is 3.33. The Bertz CT molecular complexity index is 210. The van der Waals surface area contributed by atoms with Crippen LogP contribution in [-0.2, 0) is 9.47 Å². The van der Waals surface area contributed by atoms with Crippen LogP contribution in [-0.4, -0.2) is 38.0 Å². The Morgan fingerprint density at radius 1 is 1.27 bits per heavy atom. The zero-order chi connectivity index (χ0) is 10.8. The van der Waals surface area contributed by atoms with Gasteiger partial charge in [-0.1, -0.05) is 19.8 Å². The molecule has 1 heterocycles. The first kappa shape index (κ1) is 11.4. The van der Waals surface area contributed by atoms with Crippen LogP contribution in [0.1, 0.15) is 39.0 Å². The number of nitrogens with one attached hydrogen (secondary N) is 1. The van der Waals surface area contributed by atoms with Gasteiger partial charge < -0.3 is 14.8 Å². The van der Waals surface area contributed by atoms with E-state index < -0.39 is 0 Å². The number of rotatable bonds is 3. The fourth-order valence-electron chi connectivity index (χ4n) is 2.99. The lowest BCUT2D eigenvalue weighted by atomic mass is 9.92. The lowest BCUT2D eigenvalue weighted by Crippen LogP contribution is -2.61. The third kappa shape index (κ3) is 2.19. The Morgan fingerprint density at radius 2 is 2.00 bits per heavy atom. The molecular weight excluding hydrogens is 190 g/mol. The van der Waals surface area contributed by atoms with Crippen LogP contribution in [0.15, 0.2) is 0 Å². The third-order valence-electron chi connectivity index (χ3n) is 3.89. The summed E-state index contributed by atoms with van der Waals surface area (Å²) >= 11 is 0. The van der Waals surface area contributed by atoms with E-state index in [9.17, 15) is 0 Å². The van der Waals surface area contributed by atoms with Crippen LogP contribution in [0, 0.1) is 0 Å². The van der Waals surface area contributed by atoms with Gasteiger partial charge in [-0.05, 0) is 19.3 Å². The number of methoxy groups -OCH3 is 1. The van der Waals surface area contributed by atoms with Crippen LogP contribution in [0.2, 0.25) is 0 Å². The van der Waals surface area contributed by atoms with Crippen molar-refractivity contribution in [1.82, 2.24) is 5.32 Å². The molecule has 1 saturated heterocycles. The van der Waals surface area contributed by atoms with E-state index in [1.54, 1.807) is 7.11 Å². The van der Waals surface area contributed by atoms with Crippen LogP contribution in [0.5, 0.6) is 0 Å². The molecule has 1 spiro atoms. The Labute approximate surface area is 92.5 Å². The normalized spacial score (nSPS) is 34.8. The Morgan fingerprint density at radius 3 is 2.60 bits per heavy atom. The first-order valence-corrected chi connectivity index (χ1v) is 6.14. The minimum absolute atomic E-state index is 0.0860. The van der Waals surface area contributed by atoms with Gasteiger partial charge in [0.05, 0.1) is 12.2 Å². The minimum atomic E-state index is -0.0860. The van der Waals surface area contributed by atoms with Crippen molar-refractivity contribution < 1.29 is 9.47 Å². The monoisotopic (exact) mass is 213 g/mol. The first-order valence-electron chi connectivity index (χ1n) is 6.14. The van der Waals surface area contributed by atoms with Crippen LogP contribution in [0.25, 0.3) is 0 Å². The summed E-state index contributed by atoms with van der Waals surface area (Å²) in [4.78, 5) is 0. The molecule has 0 radical (unpaired) electrons. The highest BCUT2D eigenvalue weighted by Crippen LogP contribution is 2.39. The van der Waals surface area contributed by atoms with Gasteiger partial charge in [-0.2, -0.15) is 0 Å². The Balaban J connectivity index is 2.06. The fraction of sp³-hybridized carbons (Fsp3) is 1.00. The van der Waals surface area contributed by atoms with Crippen molar-refractivity contribution in [1.29, 1.82) is 0 Å². The fourth-order valence-corrected chi connectivity index (χ4v) is 2.99. The van der Waals surface area contributed by atoms with Crippen molar-refractivity contribution in [2.24, 2.45) is 0 Å². The van der Waals surface area contributed by atoms with Gasteiger partial charge in [-0.25, -0.2) is 0 Å². The van der Waals surface area contributed by atoms with E-state index in [0.717, 1.165) is 19.5 Å². The summed E-state index contributed by atoms with van der Waals surface area (Å²) in [5.74, 6) is 0. The first-order chi connectivity index (χ1) is 7.24. The summed E-state index contributed by atoms with van der Waals surface area (Å²) in [5, 5.41) is 3.54.